The normalized spacial score (nSPS) is 12.0. The molecule has 0 radical (unpaired) electrons. The first kappa shape index (κ1) is 15.2. The minimum atomic E-state index is -0.284. The van der Waals surface area contributed by atoms with Gasteiger partial charge in [-0.15, -0.1) is 0 Å². The van der Waals surface area contributed by atoms with Crippen LogP contribution in [0.5, 0.6) is 0 Å². The molecule has 1 unspecified atom stereocenters. The summed E-state index contributed by atoms with van der Waals surface area (Å²) in [4.78, 5) is 16.5. The van der Waals surface area contributed by atoms with Crippen LogP contribution in [0.1, 0.15) is 23.9 Å². The van der Waals surface area contributed by atoms with E-state index in [1.807, 2.05) is 63.2 Å². The van der Waals surface area contributed by atoms with Crippen LogP contribution < -0.4 is 10.6 Å². The Morgan fingerprint density at radius 1 is 1.14 bits per heavy atom. The minimum Gasteiger partial charge on any atom is -0.325 e. The molecular formula is C17H21N3O. The lowest BCUT2D eigenvalue weighted by molar-refractivity contribution is -0.117. The van der Waals surface area contributed by atoms with E-state index >= 15 is 0 Å². The highest BCUT2D eigenvalue weighted by molar-refractivity contribution is 5.94. The number of aromatic nitrogens is 1. The van der Waals surface area contributed by atoms with Crippen LogP contribution in [-0.2, 0) is 11.3 Å². The summed E-state index contributed by atoms with van der Waals surface area (Å²) in [5.74, 6) is -0.0495. The number of nitrogens with one attached hydrogen (secondary N) is 2. The molecule has 0 aliphatic carbocycles. The van der Waals surface area contributed by atoms with Gasteiger partial charge in [-0.05, 0) is 45.0 Å². The van der Waals surface area contributed by atoms with Crippen molar-refractivity contribution < 1.29 is 4.79 Å². The van der Waals surface area contributed by atoms with Gasteiger partial charge < -0.3 is 10.6 Å². The first-order valence-electron chi connectivity index (χ1n) is 7.08. The van der Waals surface area contributed by atoms with E-state index in [2.05, 4.69) is 15.6 Å². The summed E-state index contributed by atoms with van der Waals surface area (Å²) in [5, 5.41) is 6.08. The molecule has 4 heteroatoms. The first-order valence-corrected chi connectivity index (χ1v) is 7.08. The molecule has 2 N–H and O–H groups in total. The maximum Gasteiger partial charge on any atom is 0.241 e. The average molecular weight is 283 g/mol. The zero-order valence-electron chi connectivity index (χ0n) is 12.7. The van der Waals surface area contributed by atoms with E-state index in [9.17, 15) is 4.79 Å². The molecule has 110 valence electrons. The molecule has 1 heterocycles. The highest BCUT2D eigenvalue weighted by atomic mass is 16.2. The second-order valence-electron chi connectivity index (χ2n) is 5.23. The number of pyridine rings is 1. The fourth-order valence-electron chi connectivity index (χ4n) is 1.94. The molecular weight excluding hydrogens is 262 g/mol. The summed E-state index contributed by atoms with van der Waals surface area (Å²) in [6.07, 6.45) is 0. The van der Waals surface area contributed by atoms with Crippen LogP contribution in [0.4, 0.5) is 5.69 Å². The zero-order chi connectivity index (χ0) is 15.2. The number of benzene rings is 1. The molecule has 0 saturated carbocycles. The number of aryl methyl sites for hydroxylation is 2. The van der Waals surface area contributed by atoms with Gasteiger partial charge in [0.2, 0.25) is 5.91 Å². The molecule has 21 heavy (non-hydrogen) atoms. The van der Waals surface area contributed by atoms with E-state index in [-0.39, 0.29) is 11.9 Å². The third-order valence-corrected chi connectivity index (χ3v) is 3.25. The molecule has 0 fully saturated rings. The van der Waals surface area contributed by atoms with Gasteiger partial charge in [0, 0.05) is 17.9 Å². The van der Waals surface area contributed by atoms with Crippen LogP contribution in [0.15, 0.2) is 42.5 Å². The SMILES string of the molecule is Cc1ccc(NC(=O)C(C)NCc2cccc(C)n2)cc1. The van der Waals surface area contributed by atoms with Crippen molar-refractivity contribution in [1.82, 2.24) is 10.3 Å². The fourth-order valence-corrected chi connectivity index (χ4v) is 1.94. The molecule has 0 spiro atoms. The highest BCUT2D eigenvalue weighted by Gasteiger charge is 2.12. The average Bonchev–Trinajstić information content (AvgIpc) is 2.47. The predicted octanol–water partition coefficient (Wildman–Crippen LogP) is 2.82. The molecule has 2 aromatic rings. The number of rotatable bonds is 5. The quantitative estimate of drug-likeness (QED) is 0.887. The second-order valence-corrected chi connectivity index (χ2v) is 5.23. The summed E-state index contributed by atoms with van der Waals surface area (Å²) in [7, 11) is 0. The zero-order valence-corrected chi connectivity index (χ0v) is 12.7. The molecule has 4 nitrogen and oxygen atoms in total. The smallest absolute Gasteiger partial charge is 0.241 e. The number of amides is 1. The first-order chi connectivity index (χ1) is 10.0. The number of hydrogen-bond acceptors (Lipinski definition) is 3. The van der Waals surface area contributed by atoms with Crippen molar-refractivity contribution in [3.8, 4) is 0 Å². The van der Waals surface area contributed by atoms with Gasteiger partial charge in [0.1, 0.15) is 0 Å². The topological polar surface area (TPSA) is 54.0 Å². The third-order valence-electron chi connectivity index (χ3n) is 3.25. The van der Waals surface area contributed by atoms with Crippen molar-refractivity contribution in [3.63, 3.8) is 0 Å². The van der Waals surface area contributed by atoms with Crippen molar-refractivity contribution in [3.05, 3.63) is 59.4 Å². The van der Waals surface area contributed by atoms with Gasteiger partial charge in [0.25, 0.3) is 0 Å². The van der Waals surface area contributed by atoms with Gasteiger partial charge in [-0.25, -0.2) is 0 Å². The highest BCUT2D eigenvalue weighted by Crippen LogP contribution is 2.09. The Morgan fingerprint density at radius 3 is 2.52 bits per heavy atom. The van der Waals surface area contributed by atoms with E-state index < -0.39 is 0 Å². The van der Waals surface area contributed by atoms with Gasteiger partial charge >= 0.3 is 0 Å². The van der Waals surface area contributed by atoms with E-state index in [1.165, 1.54) is 5.56 Å². The molecule has 0 aliphatic heterocycles. The van der Waals surface area contributed by atoms with Crippen molar-refractivity contribution in [2.45, 2.75) is 33.4 Å². The maximum absolute atomic E-state index is 12.1. The Kier molecular flexibility index (Phi) is 5.06. The van der Waals surface area contributed by atoms with Crippen molar-refractivity contribution in [1.29, 1.82) is 0 Å². The number of carbonyl (C=O) groups is 1. The lowest BCUT2D eigenvalue weighted by Gasteiger charge is -2.14. The Labute approximate surface area is 125 Å². The monoisotopic (exact) mass is 283 g/mol. The van der Waals surface area contributed by atoms with Gasteiger partial charge in [-0.3, -0.25) is 9.78 Å². The Hall–Kier alpha value is -2.20. The fraction of sp³-hybridized carbons (Fsp3) is 0.294. The third kappa shape index (κ3) is 4.68. The number of anilines is 1. The molecule has 1 aromatic carbocycles. The van der Waals surface area contributed by atoms with E-state index in [0.29, 0.717) is 6.54 Å². The number of hydrogen-bond donors (Lipinski definition) is 2. The molecule has 2 rings (SSSR count). The van der Waals surface area contributed by atoms with Gasteiger partial charge in [0.15, 0.2) is 0 Å². The Bertz CT molecular complexity index is 608. The second kappa shape index (κ2) is 6.99. The van der Waals surface area contributed by atoms with Crippen molar-refractivity contribution in [2.75, 3.05) is 5.32 Å². The van der Waals surface area contributed by atoms with Crippen LogP contribution in [-0.4, -0.2) is 16.9 Å². The van der Waals surface area contributed by atoms with E-state index in [1.54, 1.807) is 0 Å². The Morgan fingerprint density at radius 2 is 1.86 bits per heavy atom. The molecule has 0 saturated heterocycles. The van der Waals surface area contributed by atoms with Crippen LogP contribution in [0.25, 0.3) is 0 Å². The summed E-state index contributed by atoms with van der Waals surface area (Å²) in [6.45, 7) is 6.39. The van der Waals surface area contributed by atoms with Crippen molar-refractivity contribution in [2.24, 2.45) is 0 Å². The van der Waals surface area contributed by atoms with Crippen LogP contribution in [0, 0.1) is 13.8 Å². The molecule has 1 aromatic heterocycles. The number of carbonyl (C=O) groups excluding carboxylic acids is 1. The van der Waals surface area contributed by atoms with Crippen LogP contribution in [0.3, 0.4) is 0 Å². The Balaban J connectivity index is 1.86. The molecule has 1 amide bonds. The van der Waals surface area contributed by atoms with Crippen LogP contribution >= 0.6 is 0 Å². The summed E-state index contributed by atoms with van der Waals surface area (Å²) < 4.78 is 0. The summed E-state index contributed by atoms with van der Waals surface area (Å²) in [5.41, 5.74) is 3.90. The van der Waals surface area contributed by atoms with Gasteiger partial charge in [0.05, 0.1) is 11.7 Å². The van der Waals surface area contributed by atoms with Crippen molar-refractivity contribution >= 4 is 11.6 Å². The number of nitrogens with zero attached hydrogens (tertiary/aromatic N) is 1. The van der Waals surface area contributed by atoms with Crippen LogP contribution in [0.2, 0.25) is 0 Å². The van der Waals surface area contributed by atoms with E-state index in [4.69, 9.17) is 0 Å². The standard InChI is InChI=1S/C17H21N3O/c1-12-7-9-15(10-8-12)20-17(21)14(3)18-11-16-6-4-5-13(2)19-16/h4-10,14,18H,11H2,1-3H3,(H,20,21). The van der Waals surface area contributed by atoms with E-state index in [0.717, 1.165) is 17.1 Å². The predicted molar refractivity (Wildman–Crippen MR) is 85.1 cm³/mol. The molecule has 1 atom stereocenters. The summed E-state index contributed by atoms with van der Waals surface area (Å²) >= 11 is 0. The molecule has 0 bridgehead atoms. The largest absolute Gasteiger partial charge is 0.325 e. The van der Waals surface area contributed by atoms with Gasteiger partial charge in [-0.1, -0.05) is 23.8 Å². The molecule has 0 aliphatic rings. The maximum atomic E-state index is 12.1. The lowest BCUT2D eigenvalue weighted by Crippen LogP contribution is -2.37. The van der Waals surface area contributed by atoms with Gasteiger partial charge in [-0.2, -0.15) is 0 Å². The minimum absolute atomic E-state index is 0.0495. The lowest BCUT2D eigenvalue weighted by atomic mass is 10.2. The summed E-state index contributed by atoms with van der Waals surface area (Å²) in [6, 6.07) is 13.4.